The van der Waals surface area contributed by atoms with Crippen LogP contribution >= 0.6 is 23.4 Å². The summed E-state index contributed by atoms with van der Waals surface area (Å²) in [5.41, 5.74) is 6.08. The lowest BCUT2D eigenvalue weighted by atomic mass is 10.1. The van der Waals surface area contributed by atoms with E-state index >= 15 is 0 Å². The second kappa shape index (κ2) is 12.6. The van der Waals surface area contributed by atoms with Crippen LogP contribution in [0.3, 0.4) is 0 Å². The molecule has 1 unspecified atom stereocenters. The highest BCUT2D eigenvalue weighted by molar-refractivity contribution is 7.99. The number of carbonyl (C=O) groups is 2. The molecule has 2 amide bonds. The third kappa shape index (κ3) is 6.91. The van der Waals surface area contributed by atoms with Crippen LogP contribution in [0.4, 0.5) is 0 Å². The van der Waals surface area contributed by atoms with Crippen LogP contribution in [0, 0.1) is 5.92 Å². The van der Waals surface area contributed by atoms with Crippen molar-refractivity contribution in [2.45, 2.75) is 24.2 Å². The van der Waals surface area contributed by atoms with Gasteiger partial charge in [0, 0.05) is 45.7 Å². The fraction of sp³-hybridized carbons (Fsp3) is 0.214. The Hall–Kier alpha value is -3.26. The van der Waals surface area contributed by atoms with Gasteiger partial charge in [-0.2, -0.15) is 0 Å². The Kier molecular flexibility index (Phi) is 9.06. The standard InChI is InChI=1S/C28H28ClN3O3S/c29-23-10-5-19(6-11-23)20-7-12-24(13-8-20)36-18-22(28(34)32-35)15-16-30-27(33)14-9-21-17-31-26-4-2-1-3-25(21)26/h1-8,10-13,17,22,31,35H,9,14-16,18H2,(H,30,33)(H,32,34). The molecule has 186 valence electrons. The van der Waals surface area contributed by atoms with Gasteiger partial charge in [0.2, 0.25) is 11.8 Å². The van der Waals surface area contributed by atoms with E-state index in [2.05, 4.69) is 10.3 Å². The molecule has 8 heteroatoms. The van der Waals surface area contributed by atoms with Gasteiger partial charge in [0.1, 0.15) is 0 Å². The maximum Gasteiger partial charge on any atom is 0.247 e. The first-order valence-corrected chi connectivity index (χ1v) is 13.1. The minimum Gasteiger partial charge on any atom is -0.361 e. The van der Waals surface area contributed by atoms with Crippen molar-refractivity contribution in [2.24, 2.45) is 5.92 Å². The monoisotopic (exact) mass is 521 g/mol. The van der Waals surface area contributed by atoms with Gasteiger partial charge in [-0.05, 0) is 59.9 Å². The van der Waals surface area contributed by atoms with Crippen LogP contribution < -0.4 is 10.8 Å². The van der Waals surface area contributed by atoms with Gasteiger partial charge in [0.15, 0.2) is 0 Å². The molecule has 1 heterocycles. The number of nitrogens with one attached hydrogen (secondary N) is 3. The molecule has 0 radical (unpaired) electrons. The summed E-state index contributed by atoms with van der Waals surface area (Å²) in [6, 6.07) is 23.8. The van der Waals surface area contributed by atoms with Gasteiger partial charge in [-0.3, -0.25) is 14.8 Å². The van der Waals surface area contributed by atoms with Gasteiger partial charge in [-0.25, -0.2) is 5.48 Å². The number of hydrogen-bond acceptors (Lipinski definition) is 4. The smallest absolute Gasteiger partial charge is 0.247 e. The third-order valence-electron chi connectivity index (χ3n) is 6.08. The van der Waals surface area contributed by atoms with Crippen molar-refractivity contribution in [1.29, 1.82) is 0 Å². The molecule has 0 spiro atoms. The van der Waals surface area contributed by atoms with Crippen LogP contribution in [0.5, 0.6) is 0 Å². The van der Waals surface area contributed by atoms with Crippen LogP contribution in [0.1, 0.15) is 18.4 Å². The molecular formula is C28H28ClN3O3S. The summed E-state index contributed by atoms with van der Waals surface area (Å²) in [7, 11) is 0. The van der Waals surface area contributed by atoms with Crippen molar-refractivity contribution in [3.05, 3.63) is 89.6 Å². The molecule has 1 aromatic heterocycles. The van der Waals surface area contributed by atoms with E-state index in [1.807, 2.05) is 79.0 Å². The number of fused-ring (bicyclic) bond motifs is 1. The predicted molar refractivity (Wildman–Crippen MR) is 145 cm³/mol. The van der Waals surface area contributed by atoms with Crippen molar-refractivity contribution >= 4 is 46.1 Å². The molecule has 6 nitrogen and oxygen atoms in total. The molecule has 3 aromatic carbocycles. The third-order valence-corrected chi connectivity index (χ3v) is 7.50. The van der Waals surface area contributed by atoms with Crippen molar-refractivity contribution in [3.8, 4) is 11.1 Å². The number of para-hydroxylation sites is 1. The Balaban J connectivity index is 1.24. The van der Waals surface area contributed by atoms with Gasteiger partial charge >= 0.3 is 0 Å². The average molecular weight is 522 g/mol. The highest BCUT2D eigenvalue weighted by Gasteiger charge is 2.19. The molecule has 1 atom stereocenters. The van der Waals surface area contributed by atoms with Crippen molar-refractivity contribution in [1.82, 2.24) is 15.8 Å². The van der Waals surface area contributed by atoms with Gasteiger partial charge < -0.3 is 10.3 Å². The largest absolute Gasteiger partial charge is 0.361 e. The number of hydroxylamine groups is 1. The van der Waals surface area contributed by atoms with Crippen molar-refractivity contribution in [3.63, 3.8) is 0 Å². The molecule has 4 rings (SSSR count). The molecule has 4 aromatic rings. The number of hydrogen-bond donors (Lipinski definition) is 4. The van der Waals surface area contributed by atoms with E-state index < -0.39 is 11.8 Å². The van der Waals surface area contributed by atoms with Crippen LogP contribution in [-0.4, -0.2) is 34.3 Å². The Labute approximate surface area is 219 Å². The van der Waals surface area contributed by atoms with Crippen molar-refractivity contribution < 1.29 is 14.8 Å². The molecule has 0 saturated heterocycles. The van der Waals surface area contributed by atoms with E-state index in [9.17, 15) is 9.59 Å². The number of benzene rings is 3. The maximum atomic E-state index is 12.4. The molecule has 0 fully saturated rings. The summed E-state index contributed by atoms with van der Waals surface area (Å²) in [6.07, 6.45) is 3.38. The summed E-state index contributed by atoms with van der Waals surface area (Å²) in [5.74, 6) is -0.468. The SMILES string of the molecule is O=C(CCc1c[nH]c2ccccc12)NCCC(CSc1ccc(-c2ccc(Cl)cc2)cc1)C(=O)NO. The van der Waals surface area contributed by atoms with Crippen molar-refractivity contribution in [2.75, 3.05) is 12.3 Å². The molecule has 0 bridgehead atoms. The van der Waals surface area contributed by atoms with E-state index in [4.69, 9.17) is 16.8 Å². The van der Waals surface area contributed by atoms with Gasteiger partial charge in [-0.1, -0.05) is 54.1 Å². The summed E-state index contributed by atoms with van der Waals surface area (Å²) >= 11 is 7.50. The number of amides is 2. The molecule has 0 aliphatic heterocycles. The van der Waals surface area contributed by atoms with Gasteiger partial charge in [0.05, 0.1) is 5.92 Å². The highest BCUT2D eigenvalue weighted by atomic mass is 35.5. The number of rotatable bonds is 11. The Morgan fingerprint density at radius 1 is 0.972 bits per heavy atom. The minimum atomic E-state index is -0.451. The lowest BCUT2D eigenvalue weighted by Gasteiger charge is -2.15. The quantitative estimate of drug-likeness (QED) is 0.113. The number of carbonyl (C=O) groups excluding carboxylic acids is 2. The van der Waals surface area contributed by atoms with Crippen LogP contribution in [0.2, 0.25) is 5.02 Å². The maximum absolute atomic E-state index is 12.4. The number of aromatic nitrogens is 1. The number of thioether (sulfide) groups is 1. The van der Waals surface area contributed by atoms with Crippen LogP contribution in [0.25, 0.3) is 22.0 Å². The molecule has 0 aliphatic carbocycles. The fourth-order valence-electron chi connectivity index (χ4n) is 4.03. The first-order valence-electron chi connectivity index (χ1n) is 11.8. The zero-order valence-electron chi connectivity index (χ0n) is 19.7. The molecular weight excluding hydrogens is 494 g/mol. The highest BCUT2D eigenvalue weighted by Crippen LogP contribution is 2.27. The molecule has 36 heavy (non-hydrogen) atoms. The van der Waals surface area contributed by atoms with E-state index in [1.165, 1.54) is 11.8 Å². The molecule has 0 aliphatic rings. The number of H-pyrrole nitrogens is 1. The normalized spacial score (nSPS) is 11.8. The number of aromatic amines is 1. The second-order valence-electron chi connectivity index (χ2n) is 8.51. The molecule has 0 saturated carbocycles. The van der Waals surface area contributed by atoms with Crippen LogP contribution in [0.15, 0.2) is 83.9 Å². The number of aryl methyl sites for hydroxylation is 1. The van der Waals surface area contributed by atoms with Gasteiger partial charge in [0.25, 0.3) is 0 Å². The first kappa shape index (κ1) is 25.8. The van der Waals surface area contributed by atoms with E-state index in [0.29, 0.717) is 36.6 Å². The topological polar surface area (TPSA) is 94.2 Å². The van der Waals surface area contributed by atoms with Crippen LogP contribution in [-0.2, 0) is 16.0 Å². The second-order valence-corrected chi connectivity index (χ2v) is 10.0. The summed E-state index contributed by atoms with van der Waals surface area (Å²) in [5, 5.41) is 13.9. The Morgan fingerprint density at radius 2 is 1.67 bits per heavy atom. The average Bonchev–Trinajstić information content (AvgIpc) is 3.33. The summed E-state index contributed by atoms with van der Waals surface area (Å²) in [6.45, 7) is 0.362. The Morgan fingerprint density at radius 3 is 2.39 bits per heavy atom. The van der Waals surface area contributed by atoms with E-state index in [1.54, 1.807) is 5.48 Å². The van der Waals surface area contributed by atoms with E-state index in [0.717, 1.165) is 32.5 Å². The molecule has 4 N–H and O–H groups in total. The zero-order valence-corrected chi connectivity index (χ0v) is 21.2. The van der Waals surface area contributed by atoms with E-state index in [-0.39, 0.29) is 5.91 Å². The van der Waals surface area contributed by atoms with Gasteiger partial charge in [-0.15, -0.1) is 11.8 Å². The Bertz CT molecular complexity index is 1310. The summed E-state index contributed by atoms with van der Waals surface area (Å²) < 4.78 is 0. The number of halogens is 1. The fourth-order valence-corrected chi connectivity index (χ4v) is 5.19. The lowest BCUT2D eigenvalue weighted by Crippen LogP contribution is -2.33. The first-order chi connectivity index (χ1) is 17.5. The summed E-state index contributed by atoms with van der Waals surface area (Å²) in [4.78, 5) is 28.8. The predicted octanol–water partition coefficient (Wildman–Crippen LogP) is 5.84. The zero-order chi connectivity index (χ0) is 25.3. The lowest BCUT2D eigenvalue weighted by molar-refractivity contribution is -0.133. The minimum absolute atomic E-state index is 0.0612.